The molecule has 5 nitrogen and oxygen atoms in total. The van der Waals surface area contributed by atoms with Gasteiger partial charge in [-0.25, -0.2) is 4.99 Å². The fraction of sp³-hybridized carbons (Fsp3) is 0.900. The second-order valence-corrected chi connectivity index (χ2v) is 4.79. The van der Waals surface area contributed by atoms with Gasteiger partial charge in [0.05, 0.1) is 26.6 Å². The lowest BCUT2D eigenvalue weighted by molar-refractivity contribution is 0.0331. The van der Waals surface area contributed by atoms with E-state index in [0.29, 0.717) is 0 Å². The van der Waals surface area contributed by atoms with Gasteiger partial charge in [-0.15, -0.1) is 0 Å². The lowest BCUT2D eigenvalue weighted by Crippen LogP contribution is -2.46. The van der Waals surface area contributed by atoms with Crippen LogP contribution in [0.15, 0.2) is 4.99 Å². The van der Waals surface area contributed by atoms with E-state index >= 15 is 0 Å². The summed E-state index contributed by atoms with van der Waals surface area (Å²) >= 11 is 1.68. The molecule has 1 saturated heterocycles. The third kappa shape index (κ3) is 3.62. The molecule has 0 amide bonds. The molecule has 0 saturated carbocycles. The first-order valence-corrected chi connectivity index (χ1v) is 6.96. The highest BCUT2D eigenvalue weighted by Crippen LogP contribution is 2.03. The van der Waals surface area contributed by atoms with Crippen molar-refractivity contribution in [2.75, 3.05) is 59.0 Å². The molecule has 0 aliphatic carbocycles. The molecule has 2 heterocycles. The van der Waals surface area contributed by atoms with Crippen molar-refractivity contribution >= 4 is 16.9 Å². The van der Waals surface area contributed by atoms with Crippen LogP contribution in [0, 0.1) is 0 Å². The standard InChI is InChI=1S/C10H20N4OS/c1-16-10-11-8-14(9-12-10)3-2-13-4-6-15-7-5-13/h2-9H2,1H3,(H,11,12). The normalized spacial score (nSPS) is 23.9. The lowest BCUT2D eigenvalue weighted by Gasteiger charge is -2.31. The molecular weight excluding hydrogens is 224 g/mol. The molecule has 0 atom stereocenters. The van der Waals surface area contributed by atoms with Crippen LogP contribution < -0.4 is 5.32 Å². The summed E-state index contributed by atoms with van der Waals surface area (Å²) in [6.45, 7) is 7.85. The number of nitrogens with zero attached hydrogens (tertiary/aromatic N) is 3. The van der Waals surface area contributed by atoms with Crippen LogP contribution >= 0.6 is 11.8 Å². The predicted molar refractivity (Wildman–Crippen MR) is 67.8 cm³/mol. The Balaban J connectivity index is 1.65. The van der Waals surface area contributed by atoms with Crippen LogP contribution in [0.1, 0.15) is 0 Å². The van der Waals surface area contributed by atoms with E-state index in [1.165, 1.54) is 0 Å². The Hall–Kier alpha value is -0.300. The Morgan fingerprint density at radius 3 is 2.69 bits per heavy atom. The molecule has 6 heteroatoms. The Bertz CT molecular complexity index is 243. The number of hydrogen-bond donors (Lipinski definition) is 1. The minimum absolute atomic E-state index is 0.827. The summed E-state index contributed by atoms with van der Waals surface area (Å²) in [5.74, 6) is 0. The minimum atomic E-state index is 0.827. The van der Waals surface area contributed by atoms with Gasteiger partial charge < -0.3 is 10.1 Å². The van der Waals surface area contributed by atoms with Gasteiger partial charge >= 0.3 is 0 Å². The molecule has 92 valence electrons. The van der Waals surface area contributed by atoms with Gasteiger partial charge in [0.25, 0.3) is 0 Å². The van der Waals surface area contributed by atoms with Gasteiger partial charge in [0.2, 0.25) is 0 Å². The summed E-state index contributed by atoms with van der Waals surface area (Å²) in [4.78, 5) is 9.23. The Morgan fingerprint density at radius 2 is 2.06 bits per heavy atom. The highest BCUT2D eigenvalue weighted by molar-refractivity contribution is 8.13. The maximum Gasteiger partial charge on any atom is 0.158 e. The number of aliphatic imine (C=N–C) groups is 1. The van der Waals surface area contributed by atoms with Crippen molar-refractivity contribution < 1.29 is 4.74 Å². The van der Waals surface area contributed by atoms with Crippen molar-refractivity contribution in [2.45, 2.75) is 0 Å². The average molecular weight is 244 g/mol. The third-order valence-electron chi connectivity index (χ3n) is 2.90. The fourth-order valence-corrected chi connectivity index (χ4v) is 2.24. The van der Waals surface area contributed by atoms with Crippen molar-refractivity contribution in [2.24, 2.45) is 4.99 Å². The largest absolute Gasteiger partial charge is 0.379 e. The molecule has 0 unspecified atom stereocenters. The van der Waals surface area contributed by atoms with Crippen molar-refractivity contribution in [3.8, 4) is 0 Å². The summed E-state index contributed by atoms with van der Waals surface area (Å²) < 4.78 is 5.33. The number of thioether (sulfide) groups is 1. The van der Waals surface area contributed by atoms with Crippen LogP contribution in [-0.4, -0.2) is 74.0 Å². The van der Waals surface area contributed by atoms with Gasteiger partial charge in [-0.3, -0.25) is 9.80 Å². The van der Waals surface area contributed by atoms with Crippen LogP contribution in [0.5, 0.6) is 0 Å². The van der Waals surface area contributed by atoms with E-state index in [1.807, 2.05) is 0 Å². The van der Waals surface area contributed by atoms with Crippen LogP contribution in [-0.2, 0) is 4.74 Å². The van der Waals surface area contributed by atoms with E-state index in [-0.39, 0.29) is 0 Å². The summed E-state index contributed by atoms with van der Waals surface area (Å²) in [5.41, 5.74) is 0. The first-order valence-electron chi connectivity index (χ1n) is 5.73. The minimum Gasteiger partial charge on any atom is -0.379 e. The number of ether oxygens (including phenoxy) is 1. The summed E-state index contributed by atoms with van der Waals surface area (Å²) in [5, 5.41) is 4.36. The van der Waals surface area contributed by atoms with E-state index in [1.54, 1.807) is 11.8 Å². The van der Waals surface area contributed by atoms with E-state index in [0.717, 1.165) is 57.9 Å². The molecule has 0 radical (unpaired) electrons. The zero-order chi connectivity index (χ0) is 11.2. The van der Waals surface area contributed by atoms with Gasteiger partial charge in [-0.1, -0.05) is 11.8 Å². The van der Waals surface area contributed by atoms with Gasteiger partial charge in [0, 0.05) is 26.2 Å². The zero-order valence-corrected chi connectivity index (χ0v) is 10.6. The molecule has 0 aromatic carbocycles. The molecule has 2 aliphatic rings. The van der Waals surface area contributed by atoms with Crippen molar-refractivity contribution in [1.29, 1.82) is 0 Å². The fourth-order valence-electron chi connectivity index (χ4n) is 1.84. The molecule has 1 N–H and O–H groups in total. The molecule has 0 aromatic heterocycles. The van der Waals surface area contributed by atoms with Crippen molar-refractivity contribution in [3.63, 3.8) is 0 Å². The lowest BCUT2D eigenvalue weighted by atomic mass is 10.4. The number of nitrogens with one attached hydrogen (secondary N) is 1. The highest BCUT2D eigenvalue weighted by atomic mass is 32.2. The Kier molecular flexibility index (Phi) is 4.90. The Labute approximate surface area is 101 Å². The number of hydrogen-bond acceptors (Lipinski definition) is 6. The van der Waals surface area contributed by atoms with E-state index < -0.39 is 0 Å². The van der Waals surface area contributed by atoms with E-state index in [2.05, 4.69) is 26.4 Å². The third-order valence-corrected chi connectivity index (χ3v) is 3.56. The maximum absolute atomic E-state index is 5.33. The molecule has 2 aliphatic heterocycles. The molecular formula is C10H20N4OS. The number of rotatable bonds is 3. The monoisotopic (exact) mass is 244 g/mol. The molecule has 0 bridgehead atoms. The molecule has 2 rings (SSSR count). The SMILES string of the molecule is CSC1=NCN(CCN2CCOCC2)CN1. The van der Waals surface area contributed by atoms with Crippen LogP contribution in [0.25, 0.3) is 0 Å². The van der Waals surface area contributed by atoms with Crippen LogP contribution in [0.2, 0.25) is 0 Å². The number of morpholine rings is 1. The maximum atomic E-state index is 5.33. The van der Waals surface area contributed by atoms with Crippen molar-refractivity contribution in [3.05, 3.63) is 0 Å². The molecule has 0 spiro atoms. The first kappa shape index (κ1) is 12.2. The second kappa shape index (κ2) is 6.44. The highest BCUT2D eigenvalue weighted by Gasteiger charge is 2.14. The smallest absolute Gasteiger partial charge is 0.158 e. The topological polar surface area (TPSA) is 40.1 Å². The van der Waals surface area contributed by atoms with Gasteiger partial charge in [0.1, 0.15) is 0 Å². The predicted octanol–water partition coefficient (Wildman–Crippen LogP) is -0.142. The quantitative estimate of drug-likeness (QED) is 0.748. The second-order valence-electron chi connectivity index (χ2n) is 3.99. The molecule has 16 heavy (non-hydrogen) atoms. The van der Waals surface area contributed by atoms with Crippen molar-refractivity contribution in [1.82, 2.24) is 15.1 Å². The number of amidine groups is 1. The molecule has 0 aromatic rings. The molecule has 1 fully saturated rings. The Morgan fingerprint density at radius 1 is 1.31 bits per heavy atom. The van der Waals surface area contributed by atoms with Gasteiger partial charge in [-0.2, -0.15) is 0 Å². The van der Waals surface area contributed by atoms with E-state index in [9.17, 15) is 0 Å². The van der Waals surface area contributed by atoms with Crippen LogP contribution in [0.3, 0.4) is 0 Å². The average Bonchev–Trinajstić information content (AvgIpc) is 2.38. The first-order chi connectivity index (χ1) is 7.88. The van der Waals surface area contributed by atoms with E-state index in [4.69, 9.17) is 4.74 Å². The zero-order valence-electron chi connectivity index (χ0n) is 9.81. The van der Waals surface area contributed by atoms with Crippen LogP contribution in [0.4, 0.5) is 0 Å². The summed E-state index contributed by atoms with van der Waals surface area (Å²) in [7, 11) is 0. The summed E-state index contributed by atoms with van der Waals surface area (Å²) in [6.07, 6.45) is 2.05. The van der Waals surface area contributed by atoms with Gasteiger partial charge in [0.15, 0.2) is 5.17 Å². The van der Waals surface area contributed by atoms with Gasteiger partial charge in [-0.05, 0) is 6.26 Å². The summed E-state index contributed by atoms with van der Waals surface area (Å²) in [6, 6.07) is 0.